The third-order valence-corrected chi connectivity index (χ3v) is 1.58. The van der Waals surface area contributed by atoms with Gasteiger partial charge in [0, 0.05) is 0 Å². The van der Waals surface area contributed by atoms with Crippen LogP contribution in [0.3, 0.4) is 0 Å². The summed E-state index contributed by atoms with van der Waals surface area (Å²) in [7, 11) is 0. The van der Waals surface area contributed by atoms with Crippen LogP contribution in [0.2, 0.25) is 5.15 Å². The van der Waals surface area contributed by atoms with Crippen molar-refractivity contribution in [1.29, 1.82) is 0 Å². The van der Waals surface area contributed by atoms with E-state index in [0.717, 1.165) is 0 Å². The number of hydrogen-bond donors (Lipinski definition) is 0. The predicted molar refractivity (Wildman–Crippen MR) is 44.3 cm³/mol. The molecule has 0 aliphatic rings. The number of halogens is 2. The van der Waals surface area contributed by atoms with Crippen LogP contribution in [0.4, 0.5) is 0 Å². The van der Waals surface area contributed by atoms with Gasteiger partial charge < -0.3 is 0 Å². The summed E-state index contributed by atoms with van der Waals surface area (Å²) in [5.41, 5.74) is 0.313. The molecule has 1 rings (SSSR count). The van der Waals surface area contributed by atoms with E-state index < -0.39 is 0 Å². The molecule has 0 saturated carbocycles. The number of carbonyl (C=O) groups is 1. The molecule has 0 radical (unpaired) electrons. The molecule has 0 atom stereocenters. The van der Waals surface area contributed by atoms with Gasteiger partial charge in [0.2, 0.25) is 0 Å². The molecule has 0 aromatic carbocycles. The van der Waals surface area contributed by atoms with Crippen molar-refractivity contribution in [2.75, 3.05) is 5.88 Å². The first kappa shape index (κ1) is 8.50. The fraction of sp³-hybridized carbons (Fsp3) is 0.143. The Hall–Kier alpha value is -0.600. The number of carbonyl (C=O) groups excluding carboxylic acids is 1. The van der Waals surface area contributed by atoms with Gasteiger partial charge in [-0.15, -0.1) is 11.6 Å². The van der Waals surface area contributed by atoms with E-state index in [-0.39, 0.29) is 11.7 Å². The van der Waals surface area contributed by atoms with Crippen LogP contribution in [0.1, 0.15) is 10.5 Å². The van der Waals surface area contributed by atoms with E-state index in [1.165, 1.54) is 0 Å². The molecule has 1 aromatic rings. The molecule has 2 nitrogen and oxygen atoms in total. The first-order valence-corrected chi connectivity index (χ1v) is 3.87. The maximum atomic E-state index is 10.9. The van der Waals surface area contributed by atoms with Crippen molar-refractivity contribution in [3.8, 4) is 0 Å². The smallest absolute Gasteiger partial charge is 0.195 e. The predicted octanol–water partition coefficient (Wildman–Crippen LogP) is 2.16. The number of nitrogens with zero attached hydrogens (tertiary/aromatic N) is 1. The highest BCUT2D eigenvalue weighted by Crippen LogP contribution is 2.05. The molecule has 0 aliphatic heterocycles. The Morgan fingerprint density at radius 2 is 2.27 bits per heavy atom. The van der Waals surface area contributed by atoms with Gasteiger partial charge in [0.25, 0.3) is 0 Å². The molecule has 0 spiro atoms. The molecule has 0 unspecified atom stereocenters. The lowest BCUT2D eigenvalue weighted by Gasteiger charge is -1.94. The summed E-state index contributed by atoms with van der Waals surface area (Å²) in [4.78, 5) is 14.7. The van der Waals surface area contributed by atoms with Gasteiger partial charge in [0.15, 0.2) is 5.78 Å². The van der Waals surface area contributed by atoms with Crippen LogP contribution >= 0.6 is 23.2 Å². The Labute approximate surface area is 74.1 Å². The third kappa shape index (κ3) is 2.17. The lowest BCUT2D eigenvalue weighted by atomic mass is 10.3. The average Bonchev–Trinajstić information content (AvgIpc) is 2.03. The molecule has 11 heavy (non-hydrogen) atoms. The van der Waals surface area contributed by atoms with E-state index in [2.05, 4.69) is 4.98 Å². The van der Waals surface area contributed by atoms with E-state index in [0.29, 0.717) is 10.8 Å². The van der Waals surface area contributed by atoms with Crippen LogP contribution in [0.25, 0.3) is 0 Å². The first-order chi connectivity index (χ1) is 5.24. The number of pyridine rings is 1. The maximum absolute atomic E-state index is 10.9. The van der Waals surface area contributed by atoms with E-state index in [4.69, 9.17) is 23.2 Å². The monoisotopic (exact) mass is 189 g/mol. The standard InChI is InChI=1S/C7H5Cl2NO/c8-4-6(11)5-2-1-3-7(9)10-5/h1-3H,4H2. The minimum Gasteiger partial charge on any atom is -0.291 e. The third-order valence-electron chi connectivity index (χ3n) is 1.12. The molecular weight excluding hydrogens is 185 g/mol. The normalized spacial score (nSPS) is 9.64. The van der Waals surface area contributed by atoms with Crippen LogP contribution in [0, 0.1) is 0 Å². The van der Waals surface area contributed by atoms with Crippen molar-refractivity contribution in [3.05, 3.63) is 29.0 Å². The summed E-state index contributed by atoms with van der Waals surface area (Å²) < 4.78 is 0. The molecular formula is C7H5Cl2NO. The Morgan fingerprint density at radius 1 is 1.55 bits per heavy atom. The second kappa shape index (κ2) is 3.69. The van der Waals surface area contributed by atoms with E-state index in [9.17, 15) is 4.79 Å². The summed E-state index contributed by atoms with van der Waals surface area (Å²) in [6.07, 6.45) is 0. The molecule has 0 saturated heterocycles. The van der Waals surface area contributed by atoms with Crippen molar-refractivity contribution < 1.29 is 4.79 Å². The fourth-order valence-corrected chi connectivity index (χ4v) is 0.933. The van der Waals surface area contributed by atoms with Crippen molar-refractivity contribution in [2.24, 2.45) is 0 Å². The van der Waals surface area contributed by atoms with Gasteiger partial charge in [-0.2, -0.15) is 0 Å². The van der Waals surface area contributed by atoms with Gasteiger partial charge in [-0.25, -0.2) is 4.98 Å². The first-order valence-electron chi connectivity index (χ1n) is 2.96. The van der Waals surface area contributed by atoms with Gasteiger partial charge in [-0.3, -0.25) is 4.79 Å². The highest BCUT2D eigenvalue weighted by molar-refractivity contribution is 6.31. The maximum Gasteiger partial charge on any atom is 0.195 e. The zero-order valence-corrected chi connectivity index (χ0v) is 7.06. The molecule has 1 aromatic heterocycles. The fourth-order valence-electron chi connectivity index (χ4n) is 0.632. The van der Waals surface area contributed by atoms with Crippen LogP contribution in [-0.4, -0.2) is 16.6 Å². The largest absolute Gasteiger partial charge is 0.291 e. The van der Waals surface area contributed by atoms with Crippen LogP contribution in [0.5, 0.6) is 0 Å². The number of Topliss-reactive ketones (excluding diaryl/α,β-unsaturated/α-hetero) is 1. The van der Waals surface area contributed by atoms with Crippen molar-refractivity contribution in [3.63, 3.8) is 0 Å². The van der Waals surface area contributed by atoms with E-state index in [1.54, 1.807) is 18.2 Å². The zero-order chi connectivity index (χ0) is 8.27. The number of ketones is 1. The second-order valence-electron chi connectivity index (χ2n) is 1.90. The quantitative estimate of drug-likeness (QED) is 0.406. The molecule has 0 fully saturated rings. The van der Waals surface area contributed by atoms with Gasteiger partial charge in [0.05, 0.1) is 5.88 Å². The van der Waals surface area contributed by atoms with Crippen molar-refractivity contribution in [1.82, 2.24) is 4.98 Å². The second-order valence-corrected chi connectivity index (χ2v) is 2.56. The molecule has 4 heteroatoms. The van der Waals surface area contributed by atoms with Crippen LogP contribution in [0.15, 0.2) is 18.2 Å². The Morgan fingerprint density at radius 3 is 2.82 bits per heavy atom. The minimum atomic E-state index is -0.214. The topological polar surface area (TPSA) is 30.0 Å². The number of alkyl halides is 1. The highest BCUT2D eigenvalue weighted by atomic mass is 35.5. The van der Waals surface area contributed by atoms with Gasteiger partial charge in [-0.1, -0.05) is 17.7 Å². The van der Waals surface area contributed by atoms with Gasteiger partial charge in [-0.05, 0) is 12.1 Å². The molecule has 0 N–H and O–H groups in total. The van der Waals surface area contributed by atoms with E-state index in [1.807, 2.05) is 0 Å². The van der Waals surface area contributed by atoms with Crippen LogP contribution in [-0.2, 0) is 0 Å². The molecule has 0 bridgehead atoms. The number of hydrogen-bond acceptors (Lipinski definition) is 2. The van der Waals surface area contributed by atoms with E-state index >= 15 is 0 Å². The number of rotatable bonds is 2. The summed E-state index contributed by atoms with van der Waals surface area (Å²) in [5.74, 6) is -0.276. The zero-order valence-electron chi connectivity index (χ0n) is 5.55. The Kier molecular flexibility index (Phi) is 2.85. The SMILES string of the molecule is O=C(CCl)c1cccc(Cl)n1. The van der Waals surface area contributed by atoms with Crippen molar-refractivity contribution >= 4 is 29.0 Å². The molecule has 0 amide bonds. The minimum absolute atomic E-state index is 0.0622. The summed E-state index contributed by atoms with van der Waals surface area (Å²) >= 11 is 10.8. The van der Waals surface area contributed by atoms with Crippen LogP contribution < -0.4 is 0 Å². The summed E-state index contributed by atoms with van der Waals surface area (Å²) in [5, 5.41) is 0.306. The Balaban J connectivity index is 2.96. The summed E-state index contributed by atoms with van der Waals surface area (Å²) in [6.45, 7) is 0. The molecule has 58 valence electrons. The molecule has 0 aliphatic carbocycles. The van der Waals surface area contributed by atoms with Gasteiger partial charge in [0.1, 0.15) is 10.8 Å². The molecule has 1 heterocycles. The lowest BCUT2D eigenvalue weighted by Crippen LogP contribution is -2.02. The van der Waals surface area contributed by atoms with Gasteiger partial charge >= 0.3 is 0 Å². The van der Waals surface area contributed by atoms with Crippen molar-refractivity contribution in [2.45, 2.75) is 0 Å². The average molecular weight is 190 g/mol. The highest BCUT2D eigenvalue weighted by Gasteiger charge is 2.04. The summed E-state index contributed by atoms with van der Waals surface area (Å²) in [6, 6.07) is 4.85. The number of aromatic nitrogens is 1. The Bertz CT molecular complexity index is 275. The lowest BCUT2D eigenvalue weighted by molar-refractivity contribution is 0.101.